The SMILES string of the molecule is CS(=O)(=O)c1ccc(Oc2cccc(C#N)n2)cc1. The monoisotopic (exact) mass is 274 g/mol. The average molecular weight is 274 g/mol. The molecule has 2 aromatic rings. The van der Waals surface area contributed by atoms with Crippen LogP contribution in [-0.2, 0) is 9.84 Å². The lowest BCUT2D eigenvalue weighted by Gasteiger charge is -2.05. The van der Waals surface area contributed by atoms with Gasteiger partial charge >= 0.3 is 0 Å². The summed E-state index contributed by atoms with van der Waals surface area (Å²) in [5.74, 6) is 0.737. The maximum atomic E-state index is 11.3. The van der Waals surface area contributed by atoms with Crippen LogP contribution in [0.3, 0.4) is 0 Å². The third-order valence-electron chi connectivity index (χ3n) is 2.31. The fraction of sp³-hybridized carbons (Fsp3) is 0.0769. The van der Waals surface area contributed by atoms with Gasteiger partial charge in [0.2, 0.25) is 5.88 Å². The van der Waals surface area contributed by atoms with Gasteiger partial charge in [-0.05, 0) is 30.3 Å². The zero-order chi connectivity index (χ0) is 13.9. The largest absolute Gasteiger partial charge is 0.439 e. The summed E-state index contributed by atoms with van der Waals surface area (Å²) < 4.78 is 28.0. The maximum absolute atomic E-state index is 11.3. The van der Waals surface area contributed by atoms with Crippen molar-refractivity contribution >= 4 is 9.84 Å². The Hall–Kier alpha value is -2.39. The van der Waals surface area contributed by atoms with Crippen LogP contribution in [0.5, 0.6) is 11.6 Å². The highest BCUT2D eigenvalue weighted by Crippen LogP contribution is 2.21. The Bertz CT molecular complexity index is 731. The second-order valence-corrected chi connectivity index (χ2v) is 5.83. The minimum absolute atomic E-state index is 0.221. The van der Waals surface area contributed by atoms with E-state index in [1.807, 2.05) is 6.07 Å². The summed E-state index contributed by atoms with van der Waals surface area (Å²) in [7, 11) is -3.22. The second kappa shape index (κ2) is 5.08. The summed E-state index contributed by atoms with van der Waals surface area (Å²) in [5, 5.41) is 8.72. The smallest absolute Gasteiger partial charge is 0.220 e. The van der Waals surface area contributed by atoms with Crippen molar-refractivity contribution in [3.8, 4) is 17.7 Å². The first-order valence-electron chi connectivity index (χ1n) is 5.34. The molecule has 5 nitrogen and oxygen atoms in total. The van der Waals surface area contributed by atoms with Crippen molar-refractivity contribution in [2.75, 3.05) is 6.26 Å². The number of rotatable bonds is 3. The lowest BCUT2D eigenvalue weighted by molar-refractivity contribution is 0.462. The predicted molar refractivity (Wildman–Crippen MR) is 68.6 cm³/mol. The first-order valence-corrected chi connectivity index (χ1v) is 7.23. The third-order valence-corrected chi connectivity index (χ3v) is 3.44. The molecule has 19 heavy (non-hydrogen) atoms. The summed E-state index contributed by atoms with van der Waals surface area (Å²) >= 11 is 0. The topological polar surface area (TPSA) is 80.0 Å². The van der Waals surface area contributed by atoms with Crippen LogP contribution < -0.4 is 4.74 Å². The number of hydrogen-bond acceptors (Lipinski definition) is 5. The van der Waals surface area contributed by atoms with Crippen molar-refractivity contribution < 1.29 is 13.2 Å². The molecule has 0 aliphatic carbocycles. The molecule has 0 N–H and O–H groups in total. The Morgan fingerprint density at radius 3 is 2.42 bits per heavy atom. The summed E-state index contributed by atoms with van der Waals surface area (Å²) in [5.41, 5.74) is 0.255. The van der Waals surface area contributed by atoms with Gasteiger partial charge in [0.1, 0.15) is 17.5 Å². The molecule has 1 heterocycles. The van der Waals surface area contributed by atoms with E-state index in [0.29, 0.717) is 5.75 Å². The molecular weight excluding hydrogens is 264 g/mol. The van der Waals surface area contributed by atoms with Crippen LogP contribution in [0, 0.1) is 11.3 Å². The average Bonchev–Trinajstić information content (AvgIpc) is 2.38. The molecule has 0 saturated carbocycles. The number of pyridine rings is 1. The molecule has 0 radical (unpaired) electrons. The van der Waals surface area contributed by atoms with E-state index in [1.165, 1.54) is 24.3 Å². The normalized spacial score (nSPS) is 10.7. The number of nitrogens with zero attached hydrogens (tertiary/aromatic N) is 2. The Morgan fingerprint density at radius 1 is 1.16 bits per heavy atom. The fourth-order valence-corrected chi connectivity index (χ4v) is 2.04. The van der Waals surface area contributed by atoms with Crippen LogP contribution >= 0.6 is 0 Å². The Morgan fingerprint density at radius 2 is 1.84 bits per heavy atom. The molecule has 1 aromatic carbocycles. The van der Waals surface area contributed by atoms with Gasteiger partial charge in [0, 0.05) is 12.3 Å². The summed E-state index contributed by atoms with van der Waals surface area (Å²) in [6.07, 6.45) is 1.14. The van der Waals surface area contributed by atoms with Crippen molar-refractivity contribution in [1.82, 2.24) is 4.98 Å². The fourth-order valence-electron chi connectivity index (χ4n) is 1.41. The van der Waals surface area contributed by atoms with Crippen molar-refractivity contribution in [1.29, 1.82) is 5.26 Å². The molecule has 0 aliphatic rings. The zero-order valence-corrected chi connectivity index (χ0v) is 10.9. The molecule has 0 amide bonds. The van der Waals surface area contributed by atoms with Gasteiger partial charge < -0.3 is 4.74 Å². The molecular formula is C13H10N2O3S. The lowest BCUT2D eigenvalue weighted by atomic mass is 10.3. The van der Waals surface area contributed by atoms with Gasteiger partial charge in [-0.2, -0.15) is 5.26 Å². The highest BCUT2D eigenvalue weighted by molar-refractivity contribution is 7.90. The van der Waals surface area contributed by atoms with E-state index in [0.717, 1.165) is 6.26 Å². The Kier molecular flexibility index (Phi) is 3.49. The van der Waals surface area contributed by atoms with Crippen molar-refractivity contribution in [3.63, 3.8) is 0 Å². The minimum Gasteiger partial charge on any atom is -0.439 e. The van der Waals surface area contributed by atoms with Crippen molar-refractivity contribution in [2.45, 2.75) is 4.90 Å². The predicted octanol–water partition coefficient (Wildman–Crippen LogP) is 2.15. The van der Waals surface area contributed by atoms with E-state index in [4.69, 9.17) is 10.00 Å². The van der Waals surface area contributed by atoms with E-state index < -0.39 is 9.84 Å². The molecule has 1 aromatic heterocycles. The number of sulfone groups is 1. The van der Waals surface area contributed by atoms with E-state index in [-0.39, 0.29) is 16.5 Å². The number of ether oxygens (including phenoxy) is 1. The van der Waals surface area contributed by atoms with E-state index in [9.17, 15) is 8.42 Å². The van der Waals surface area contributed by atoms with E-state index >= 15 is 0 Å². The molecule has 0 unspecified atom stereocenters. The molecule has 96 valence electrons. The van der Waals surface area contributed by atoms with Crippen LogP contribution in [0.4, 0.5) is 0 Å². The van der Waals surface area contributed by atoms with Crippen LogP contribution in [0.15, 0.2) is 47.4 Å². The van der Waals surface area contributed by atoms with E-state index in [1.54, 1.807) is 18.2 Å². The van der Waals surface area contributed by atoms with Crippen LogP contribution in [0.25, 0.3) is 0 Å². The molecule has 2 rings (SSSR count). The Balaban J connectivity index is 2.22. The van der Waals surface area contributed by atoms with Crippen molar-refractivity contribution in [3.05, 3.63) is 48.2 Å². The van der Waals surface area contributed by atoms with Gasteiger partial charge in [-0.3, -0.25) is 0 Å². The van der Waals surface area contributed by atoms with Gasteiger partial charge in [-0.15, -0.1) is 0 Å². The number of nitriles is 1. The number of benzene rings is 1. The molecule has 0 spiro atoms. The first-order chi connectivity index (χ1) is 8.99. The van der Waals surface area contributed by atoms with Gasteiger partial charge in [-0.1, -0.05) is 6.07 Å². The van der Waals surface area contributed by atoms with Crippen LogP contribution in [-0.4, -0.2) is 19.7 Å². The molecule has 0 atom stereocenters. The minimum atomic E-state index is -3.22. The first kappa shape index (κ1) is 13.1. The highest BCUT2D eigenvalue weighted by Gasteiger charge is 2.07. The number of aromatic nitrogens is 1. The lowest BCUT2D eigenvalue weighted by Crippen LogP contribution is -1.96. The van der Waals surface area contributed by atoms with Gasteiger partial charge in [0.15, 0.2) is 9.84 Å². The Labute approximate surface area is 111 Å². The van der Waals surface area contributed by atoms with Gasteiger partial charge in [-0.25, -0.2) is 13.4 Å². The molecule has 6 heteroatoms. The summed E-state index contributed by atoms with van der Waals surface area (Å²) in [6.45, 7) is 0. The van der Waals surface area contributed by atoms with Gasteiger partial charge in [0.05, 0.1) is 4.90 Å². The standard InChI is InChI=1S/C13H10N2O3S/c1-19(16,17)12-7-5-11(6-8-12)18-13-4-2-3-10(9-14)15-13/h2-8H,1H3. The molecule has 0 bridgehead atoms. The van der Waals surface area contributed by atoms with Gasteiger partial charge in [0.25, 0.3) is 0 Å². The quantitative estimate of drug-likeness (QED) is 0.856. The van der Waals surface area contributed by atoms with Crippen molar-refractivity contribution in [2.24, 2.45) is 0 Å². The maximum Gasteiger partial charge on any atom is 0.220 e. The second-order valence-electron chi connectivity index (χ2n) is 3.82. The van der Waals surface area contributed by atoms with Crippen LogP contribution in [0.2, 0.25) is 0 Å². The zero-order valence-electron chi connectivity index (χ0n) is 10.1. The number of hydrogen-bond donors (Lipinski definition) is 0. The van der Waals surface area contributed by atoms with E-state index in [2.05, 4.69) is 4.98 Å². The highest BCUT2D eigenvalue weighted by atomic mass is 32.2. The summed E-state index contributed by atoms with van der Waals surface area (Å²) in [4.78, 5) is 4.18. The molecule has 0 aliphatic heterocycles. The summed E-state index contributed by atoms with van der Waals surface area (Å²) in [6, 6.07) is 12.7. The third kappa shape index (κ3) is 3.30. The molecule has 0 fully saturated rings. The molecule has 0 saturated heterocycles. The van der Waals surface area contributed by atoms with Crippen LogP contribution in [0.1, 0.15) is 5.69 Å².